The zero-order chi connectivity index (χ0) is 15.6. The van der Waals surface area contributed by atoms with E-state index < -0.39 is 0 Å². The molecular formula is C14H18N4O3. The maximum Gasteiger partial charge on any atom is 0.323 e. The van der Waals surface area contributed by atoms with Crippen molar-refractivity contribution in [2.45, 2.75) is 27.2 Å². The van der Waals surface area contributed by atoms with Crippen molar-refractivity contribution in [3.8, 4) is 0 Å². The Kier molecular flexibility index (Phi) is 4.11. The summed E-state index contributed by atoms with van der Waals surface area (Å²) in [6.45, 7) is 5.46. The second kappa shape index (κ2) is 5.82. The Labute approximate surface area is 121 Å². The highest BCUT2D eigenvalue weighted by Gasteiger charge is 2.13. The number of nitrogens with one attached hydrogen (secondary N) is 4. The number of hydrogen-bond donors (Lipinski definition) is 4. The third-order valence-corrected chi connectivity index (χ3v) is 3.32. The number of H-pyrrole nitrogens is 2. The number of amides is 2. The van der Waals surface area contributed by atoms with Crippen molar-refractivity contribution < 1.29 is 9.59 Å². The standard InChI is InChI=1S/C14H18N4O3/c1-7-6-10-13(18-14(21)16-10)12(8(7)2)17-11(20)4-5-15-9(3)19/h6H,4-5H2,1-3H3,(H,15,19)(H,17,20)(H2,16,18,21). The fourth-order valence-electron chi connectivity index (χ4n) is 2.12. The molecule has 7 nitrogen and oxygen atoms in total. The summed E-state index contributed by atoms with van der Waals surface area (Å²) >= 11 is 0. The third kappa shape index (κ3) is 3.31. The van der Waals surface area contributed by atoms with Gasteiger partial charge in [0.1, 0.15) is 0 Å². The Morgan fingerprint density at radius 2 is 1.95 bits per heavy atom. The van der Waals surface area contributed by atoms with E-state index in [9.17, 15) is 14.4 Å². The lowest BCUT2D eigenvalue weighted by atomic mass is 10.1. The van der Waals surface area contributed by atoms with E-state index in [1.165, 1.54) is 6.92 Å². The molecule has 1 aromatic heterocycles. The number of benzene rings is 1. The summed E-state index contributed by atoms with van der Waals surface area (Å²) in [5.74, 6) is -0.396. The van der Waals surface area contributed by atoms with E-state index in [-0.39, 0.29) is 30.5 Å². The molecule has 0 aliphatic rings. The summed E-state index contributed by atoms with van der Waals surface area (Å²) < 4.78 is 0. The van der Waals surface area contributed by atoms with Crippen molar-refractivity contribution in [2.75, 3.05) is 11.9 Å². The van der Waals surface area contributed by atoms with Gasteiger partial charge in [-0.1, -0.05) is 0 Å². The summed E-state index contributed by atoms with van der Waals surface area (Å²) in [6.07, 6.45) is 0.170. The van der Waals surface area contributed by atoms with Crippen molar-refractivity contribution in [3.05, 3.63) is 27.7 Å². The lowest BCUT2D eigenvalue weighted by molar-refractivity contribution is -0.119. The summed E-state index contributed by atoms with van der Waals surface area (Å²) in [7, 11) is 0. The number of aromatic nitrogens is 2. The minimum absolute atomic E-state index is 0.170. The van der Waals surface area contributed by atoms with Gasteiger partial charge in [-0.05, 0) is 31.0 Å². The van der Waals surface area contributed by atoms with Gasteiger partial charge >= 0.3 is 5.69 Å². The number of carbonyl (C=O) groups excluding carboxylic acids is 2. The molecule has 0 spiro atoms. The van der Waals surface area contributed by atoms with E-state index in [2.05, 4.69) is 20.6 Å². The minimum Gasteiger partial charge on any atom is -0.356 e. The van der Waals surface area contributed by atoms with Crippen LogP contribution in [-0.4, -0.2) is 28.3 Å². The molecule has 0 aliphatic carbocycles. The lowest BCUT2D eigenvalue weighted by Gasteiger charge is -2.12. The van der Waals surface area contributed by atoms with Gasteiger partial charge in [0, 0.05) is 19.9 Å². The maximum absolute atomic E-state index is 11.9. The molecule has 21 heavy (non-hydrogen) atoms. The fraction of sp³-hybridized carbons (Fsp3) is 0.357. The number of imidazole rings is 1. The third-order valence-electron chi connectivity index (χ3n) is 3.32. The molecule has 0 unspecified atom stereocenters. The van der Waals surface area contributed by atoms with Crippen LogP contribution < -0.4 is 16.3 Å². The van der Waals surface area contributed by atoms with Crippen LogP contribution in [0.5, 0.6) is 0 Å². The number of fused-ring (bicyclic) bond motifs is 1. The van der Waals surface area contributed by atoms with Crippen LogP contribution in [-0.2, 0) is 9.59 Å². The molecule has 7 heteroatoms. The maximum atomic E-state index is 11.9. The van der Waals surface area contributed by atoms with Gasteiger partial charge in [-0.15, -0.1) is 0 Å². The fourth-order valence-corrected chi connectivity index (χ4v) is 2.12. The molecular weight excluding hydrogens is 272 g/mol. The molecule has 0 fully saturated rings. The number of aryl methyl sites for hydroxylation is 1. The van der Waals surface area contributed by atoms with Crippen molar-refractivity contribution in [1.82, 2.24) is 15.3 Å². The summed E-state index contributed by atoms with van der Waals surface area (Å²) in [5.41, 5.74) is 3.37. The molecule has 2 amide bonds. The summed E-state index contributed by atoms with van der Waals surface area (Å²) in [4.78, 5) is 39.5. The Morgan fingerprint density at radius 3 is 2.62 bits per heavy atom. The van der Waals surface area contributed by atoms with Crippen molar-refractivity contribution >= 4 is 28.5 Å². The Hall–Kier alpha value is -2.57. The highest BCUT2D eigenvalue weighted by molar-refractivity contribution is 6.01. The van der Waals surface area contributed by atoms with E-state index in [1.54, 1.807) is 0 Å². The molecule has 0 aliphatic heterocycles. The van der Waals surface area contributed by atoms with Crippen molar-refractivity contribution in [2.24, 2.45) is 0 Å². The molecule has 2 rings (SSSR count). The lowest BCUT2D eigenvalue weighted by Crippen LogP contribution is -2.25. The Morgan fingerprint density at radius 1 is 1.24 bits per heavy atom. The molecule has 1 heterocycles. The van der Waals surface area contributed by atoms with Crippen molar-refractivity contribution in [1.29, 1.82) is 0 Å². The largest absolute Gasteiger partial charge is 0.356 e. The van der Waals surface area contributed by atoms with Gasteiger partial charge in [0.15, 0.2) is 0 Å². The zero-order valence-corrected chi connectivity index (χ0v) is 12.2. The number of carbonyl (C=O) groups is 2. The Bertz CT molecular complexity index is 757. The summed E-state index contributed by atoms with van der Waals surface area (Å²) in [5, 5.41) is 5.37. The van der Waals surface area contributed by atoms with Crippen LogP contribution in [0, 0.1) is 13.8 Å². The quantitative estimate of drug-likeness (QED) is 0.673. The number of aromatic amines is 2. The highest BCUT2D eigenvalue weighted by Crippen LogP contribution is 2.26. The molecule has 4 N–H and O–H groups in total. The Balaban J connectivity index is 2.24. The monoisotopic (exact) mass is 290 g/mol. The smallest absolute Gasteiger partial charge is 0.323 e. The molecule has 1 aromatic carbocycles. The van der Waals surface area contributed by atoms with E-state index in [4.69, 9.17) is 0 Å². The second-order valence-electron chi connectivity index (χ2n) is 4.98. The molecule has 2 aromatic rings. The topological polar surface area (TPSA) is 107 Å². The van der Waals surface area contributed by atoms with Gasteiger partial charge in [-0.2, -0.15) is 0 Å². The minimum atomic E-state index is -0.316. The van der Waals surface area contributed by atoms with Crippen LogP contribution in [0.4, 0.5) is 5.69 Å². The van der Waals surface area contributed by atoms with Gasteiger partial charge in [-0.3, -0.25) is 9.59 Å². The molecule has 0 radical (unpaired) electrons. The first-order chi connectivity index (χ1) is 9.88. The molecule has 112 valence electrons. The summed E-state index contributed by atoms with van der Waals surface area (Å²) in [6, 6.07) is 1.86. The van der Waals surface area contributed by atoms with Crippen LogP contribution >= 0.6 is 0 Å². The van der Waals surface area contributed by atoms with E-state index in [1.807, 2.05) is 19.9 Å². The van der Waals surface area contributed by atoms with Crippen LogP contribution in [0.1, 0.15) is 24.5 Å². The van der Waals surface area contributed by atoms with Crippen LogP contribution in [0.15, 0.2) is 10.9 Å². The predicted molar refractivity (Wildman–Crippen MR) is 80.3 cm³/mol. The first-order valence-corrected chi connectivity index (χ1v) is 6.65. The van der Waals surface area contributed by atoms with Gasteiger partial charge in [0.05, 0.1) is 16.7 Å². The van der Waals surface area contributed by atoms with E-state index in [0.29, 0.717) is 16.7 Å². The first kappa shape index (κ1) is 14.8. The van der Waals surface area contributed by atoms with Gasteiger partial charge in [0.25, 0.3) is 0 Å². The molecule has 0 saturated carbocycles. The molecule has 0 saturated heterocycles. The highest BCUT2D eigenvalue weighted by atomic mass is 16.2. The van der Waals surface area contributed by atoms with Gasteiger partial charge in [0.2, 0.25) is 11.8 Å². The van der Waals surface area contributed by atoms with Crippen molar-refractivity contribution in [3.63, 3.8) is 0 Å². The second-order valence-corrected chi connectivity index (χ2v) is 4.98. The van der Waals surface area contributed by atoms with E-state index in [0.717, 1.165) is 11.1 Å². The number of anilines is 1. The van der Waals surface area contributed by atoms with Gasteiger partial charge in [-0.25, -0.2) is 4.79 Å². The van der Waals surface area contributed by atoms with Gasteiger partial charge < -0.3 is 20.6 Å². The SMILES string of the molecule is CC(=O)NCCC(=O)Nc1c(C)c(C)cc2[nH]c(=O)[nH]c12. The van der Waals surface area contributed by atoms with Crippen LogP contribution in [0.25, 0.3) is 11.0 Å². The van der Waals surface area contributed by atoms with E-state index >= 15 is 0 Å². The molecule has 0 bridgehead atoms. The number of rotatable bonds is 4. The first-order valence-electron chi connectivity index (χ1n) is 6.65. The zero-order valence-electron chi connectivity index (χ0n) is 12.2. The average Bonchev–Trinajstić information content (AvgIpc) is 2.74. The average molecular weight is 290 g/mol. The number of hydrogen-bond acceptors (Lipinski definition) is 3. The normalized spacial score (nSPS) is 10.6. The molecule has 0 atom stereocenters. The van der Waals surface area contributed by atoms with Crippen LogP contribution in [0.2, 0.25) is 0 Å². The van der Waals surface area contributed by atoms with Crippen LogP contribution in [0.3, 0.4) is 0 Å². The predicted octanol–water partition coefficient (Wildman–Crippen LogP) is 0.938.